The number of aryl methyl sites for hydroxylation is 1. The zero-order valence-electron chi connectivity index (χ0n) is 13.0. The molecule has 1 aromatic carbocycles. The lowest BCUT2D eigenvalue weighted by atomic mass is 10.2. The molecule has 4 nitrogen and oxygen atoms in total. The molecule has 22 heavy (non-hydrogen) atoms. The van der Waals surface area contributed by atoms with Gasteiger partial charge in [-0.05, 0) is 50.0 Å². The first-order valence-electron chi connectivity index (χ1n) is 7.06. The molecule has 0 bridgehead atoms. The van der Waals surface area contributed by atoms with Crippen LogP contribution in [0.25, 0.3) is 0 Å². The van der Waals surface area contributed by atoms with Gasteiger partial charge in [-0.1, -0.05) is 12.1 Å². The average molecular weight is 313 g/mol. The summed E-state index contributed by atoms with van der Waals surface area (Å²) in [7, 11) is 1.93. The van der Waals surface area contributed by atoms with Gasteiger partial charge in [0.05, 0.1) is 17.3 Å². The summed E-state index contributed by atoms with van der Waals surface area (Å²) in [5.74, 6) is -0.112. The van der Waals surface area contributed by atoms with Crippen LogP contribution in [-0.4, -0.2) is 23.9 Å². The normalized spacial score (nSPS) is 12.0. The predicted molar refractivity (Wildman–Crippen MR) is 89.8 cm³/mol. The van der Waals surface area contributed by atoms with E-state index in [9.17, 15) is 4.79 Å². The minimum absolute atomic E-state index is 0.112. The average Bonchev–Trinajstić information content (AvgIpc) is 2.92. The van der Waals surface area contributed by atoms with Gasteiger partial charge in [0.15, 0.2) is 0 Å². The summed E-state index contributed by atoms with van der Waals surface area (Å²) in [5, 5.41) is 14.0. The van der Waals surface area contributed by atoms with E-state index in [0.717, 1.165) is 6.54 Å². The molecule has 1 aromatic heterocycles. The van der Waals surface area contributed by atoms with E-state index in [0.29, 0.717) is 11.3 Å². The lowest BCUT2D eigenvalue weighted by Crippen LogP contribution is -2.39. The molecule has 0 aliphatic rings. The number of nitrogens with zero attached hydrogens (tertiary/aromatic N) is 2. The van der Waals surface area contributed by atoms with Gasteiger partial charge < -0.3 is 5.32 Å². The smallest absolute Gasteiger partial charge is 0.241 e. The van der Waals surface area contributed by atoms with Crippen LogP contribution in [-0.2, 0) is 11.3 Å². The van der Waals surface area contributed by atoms with Crippen LogP contribution in [0.3, 0.4) is 0 Å². The largest absolute Gasteiger partial charge is 0.324 e. The van der Waals surface area contributed by atoms with Crippen LogP contribution in [0.4, 0.5) is 5.69 Å². The van der Waals surface area contributed by atoms with Gasteiger partial charge in [-0.25, -0.2) is 0 Å². The van der Waals surface area contributed by atoms with E-state index in [1.54, 1.807) is 35.6 Å². The van der Waals surface area contributed by atoms with Gasteiger partial charge in [-0.3, -0.25) is 9.69 Å². The van der Waals surface area contributed by atoms with Crippen LogP contribution in [0.1, 0.15) is 22.9 Å². The molecule has 0 saturated carbocycles. The van der Waals surface area contributed by atoms with Gasteiger partial charge in [0.1, 0.15) is 6.07 Å². The quantitative estimate of drug-likeness (QED) is 0.920. The molecule has 1 N–H and O–H groups in total. The molecule has 2 aromatic rings. The molecule has 0 radical (unpaired) electrons. The minimum Gasteiger partial charge on any atom is -0.324 e. The van der Waals surface area contributed by atoms with Crippen molar-refractivity contribution in [2.75, 3.05) is 12.4 Å². The Morgan fingerprint density at radius 1 is 1.41 bits per heavy atom. The second-order valence-electron chi connectivity index (χ2n) is 5.26. The number of rotatable bonds is 5. The summed E-state index contributed by atoms with van der Waals surface area (Å²) >= 11 is 1.70. The molecule has 5 heteroatoms. The predicted octanol–water partition coefficient (Wildman–Crippen LogP) is 3.39. The zero-order valence-corrected chi connectivity index (χ0v) is 13.8. The number of likely N-dealkylation sites (N-methyl/N-ethyl adjacent to an activating group) is 1. The van der Waals surface area contributed by atoms with E-state index in [1.165, 1.54) is 10.4 Å². The lowest BCUT2D eigenvalue weighted by Gasteiger charge is -2.23. The Morgan fingerprint density at radius 3 is 2.77 bits per heavy atom. The highest BCUT2D eigenvalue weighted by molar-refractivity contribution is 7.10. The first-order chi connectivity index (χ1) is 10.5. The molecule has 0 spiro atoms. The van der Waals surface area contributed by atoms with E-state index >= 15 is 0 Å². The van der Waals surface area contributed by atoms with Crippen molar-refractivity contribution in [3.8, 4) is 6.07 Å². The number of para-hydroxylation sites is 1. The Balaban J connectivity index is 2.03. The summed E-state index contributed by atoms with van der Waals surface area (Å²) in [6, 6.07) is 10.9. The number of carbonyl (C=O) groups excluding carboxylic acids is 1. The number of hydrogen-bond acceptors (Lipinski definition) is 4. The van der Waals surface area contributed by atoms with Crippen LogP contribution in [0.5, 0.6) is 0 Å². The number of anilines is 1. The highest BCUT2D eigenvalue weighted by atomic mass is 32.1. The highest BCUT2D eigenvalue weighted by Crippen LogP contribution is 2.19. The Labute approximate surface area is 135 Å². The number of benzene rings is 1. The molecule has 0 aliphatic heterocycles. The topological polar surface area (TPSA) is 56.1 Å². The van der Waals surface area contributed by atoms with Crippen molar-refractivity contribution < 1.29 is 4.79 Å². The summed E-state index contributed by atoms with van der Waals surface area (Å²) in [6.45, 7) is 4.68. The van der Waals surface area contributed by atoms with Crippen LogP contribution in [0, 0.1) is 18.3 Å². The third kappa shape index (κ3) is 3.73. The van der Waals surface area contributed by atoms with Crippen LogP contribution >= 0.6 is 11.3 Å². The summed E-state index contributed by atoms with van der Waals surface area (Å²) in [4.78, 5) is 15.6. The number of thiophene rings is 1. The Morgan fingerprint density at radius 2 is 2.14 bits per heavy atom. The van der Waals surface area contributed by atoms with Gasteiger partial charge in [-0.15, -0.1) is 11.3 Å². The second-order valence-corrected chi connectivity index (χ2v) is 6.27. The molecule has 1 amide bonds. The van der Waals surface area contributed by atoms with E-state index < -0.39 is 0 Å². The van der Waals surface area contributed by atoms with Gasteiger partial charge in [0, 0.05) is 11.4 Å². The van der Waals surface area contributed by atoms with Gasteiger partial charge in [-0.2, -0.15) is 5.26 Å². The molecule has 0 unspecified atom stereocenters. The summed E-state index contributed by atoms with van der Waals surface area (Å²) < 4.78 is 0. The highest BCUT2D eigenvalue weighted by Gasteiger charge is 2.20. The molecule has 0 saturated heterocycles. The number of nitriles is 1. The molecule has 1 heterocycles. The molecular formula is C17H19N3OS. The van der Waals surface area contributed by atoms with Crippen molar-refractivity contribution in [2.24, 2.45) is 0 Å². The van der Waals surface area contributed by atoms with Crippen molar-refractivity contribution in [1.29, 1.82) is 5.26 Å². The molecule has 0 aliphatic carbocycles. The summed E-state index contributed by atoms with van der Waals surface area (Å²) in [5.41, 5.74) is 2.28. The molecule has 114 valence electrons. The number of amides is 1. The van der Waals surface area contributed by atoms with E-state index in [-0.39, 0.29) is 11.9 Å². The first-order valence-corrected chi connectivity index (χ1v) is 7.94. The Kier molecular flexibility index (Phi) is 5.31. The number of carbonyl (C=O) groups is 1. The fraction of sp³-hybridized carbons (Fsp3) is 0.294. The standard InChI is InChI=1S/C17H19N3OS/c1-12-8-9-22-16(12)11-20(3)13(2)17(21)19-15-7-5-4-6-14(15)10-18/h4-9,13H,11H2,1-3H3,(H,19,21)/t13-/m1/s1. The monoisotopic (exact) mass is 313 g/mol. The lowest BCUT2D eigenvalue weighted by molar-refractivity contribution is -0.120. The number of hydrogen-bond donors (Lipinski definition) is 1. The van der Waals surface area contributed by atoms with E-state index in [4.69, 9.17) is 5.26 Å². The molecular weight excluding hydrogens is 294 g/mol. The molecule has 1 atom stereocenters. The second kappa shape index (κ2) is 7.21. The van der Waals surface area contributed by atoms with Gasteiger partial charge in [0.2, 0.25) is 5.91 Å². The SMILES string of the molecule is Cc1ccsc1CN(C)[C@H](C)C(=O)Nc1ccccc1C#N. The maximum Gasteiger partial charge on any atom is 0.241 e. The third-order valence-electron chi connectivity index (χ3n) is 3.71. The minimum atomic E-state index is -0.284. The van der Waals surface area contributed by atoms with Crippen LogP contribution in [0.2, 0.25) is 0 Å². The van der Waals surface area contributed by atoms with Crippen molar-refractivity contribution in [3.63, 3.8) is 0 Å². The van der Waals surface area contributed by atoms with Crippen molar-refractivity contribution in [2.45, 2.75) is 26.4 Å². The Hall–Kier alpha value is -2.16. The van der Waals surface area contributed by atoms with Gasteiger partial charge in [0.25, 0.3) is 0 Å². The van der Waals surface area contributed by atoms with Gasteiger partial charge >= 0.3 is 0 Å². The fourth-order valence-corrected chi connectivity index (χ4v) is 3.03. The molecule has 2 rings (SSSR count). The number of nitrogens with one attached hydrogen (secondary N) is 1. The van der Waals surface area contributed by atoms with Crippen molar-refractivity contribution in [3.05, 3.63) is 51.7 Å². The Bertz CT molecular complexity index is 702. The van der Waals surface area contributed by atoms with Crippen LogP contribution < -0.4 is 5.32 Å². The first kappa shape index (κ1) is 16.2. The fourth-order valence-electron chi connectivity index (χ4n) is 2.06. The van der Waals surface area contributed by atoms with Crippen LogP contribution in [0.15, 0.2) is 35.7 Å². The summed E-state index contributed by atoms with van der Waals surface area (Å²) in [6.07, 6.45) is 0. The molecule has 0 fully saturated rings. The third-order valence-corrected chi connectivity index (χ3v) is 4.71. The van der Waals surface area contributed by atoms with Crippen molar-refractivity contribution >= 4 is 22.9 Å². The maximum absolute atomic E-state index is 12.4. The maximum atomic E-state index is 12.4. The van der Waals surface area contributed by atoms with E-state index in [1.807, 2.05) is 18.9 Å². The van der Waals surface area contributed by atoms with Crippen molar-refractivity contribution in [1.82, 2.24) is 4.90 Å². The zero-order chi connectivity index (χ0) is 16.1. The van der Waals surface area contributed by atoms with E-state index in [2.05, 4.69) is 29.8 Å².